The van der Waals surface area contributed by atoms with Gasteiger partial charge in [-0.1, -0.05) is 11.6 Å². The van der Waals surface area contributed by atoms with Gasteiger partial charge < -0.3 is 5.32 Å². The largest absolute Gasteiger partial charge is 0.326 e. The Balaban J connectivity index is 2.08. The van der Waals surface area contributed by atoms with Crippen LogP contribution in [0.25, 0.3) is 0 Å². The highest BCUT2D eigenvalue weighted by Crippen LogP contribution is 2.53. The summed E-state index contributed by atoms with van der Waals surface area (Å²) >= 11 is 17.4. The van der Waals surface area contributed by atoms with Crippen molar-refractivity contribution in [1.29, 1.82) is 5.26 Å². The lowest BCUT2D eigenvalue weighted by Gasteiger charge is -2.06. The van der Waals surface area contributed by atoms with E-state index in [-0.39, 0.29) is 11.8 Å². The summed E-state index contributed by atoms with van der Waals surface area (Å²) in [6.45, 7) is 0. The molecule has 3 nitrogen and oxygen atoms in total. The van der Waals surface area contributed by atoms with Crippen LogP contribution < -0.4 is 5.32 Å². The molecule has 1 amide bonds. The second-order valence-corrected chi connectivity index (χ2v) is 5.76. The number of hydrogen-bond acceptors (Lipinski definition) is 2. The number of hydrogen-bond donors (Lipinski definition) is 1. The molecule has 1 aliphatic carbocycles. The van der Waals surface area contributed by atoms with Gasteiger partial charge >= 0.3 is 0 Å². The second kappa shape index (κ2) is 4.38. The third-order valence-electron chi connectivity index (χ3n) is 2.50. The van der Waals surface area contributed by atoms with Crippen LogP contribution in [-0.2, 0) is 4.79 Å². The molecule has 0 radical (unpaired) electrons. The summed E-state index contributed by atoms with van der Waals surface area (Å²) in [5.74, 6) is -0.629. The molecule has 0 heterocycles. The van der Waals surface area contributed by atoms with Crippen molar-refractivity contribution in [2.45, 2.75) is 10.8 Å². The van der Waals surface area contributed by atoms with Crippen molar-refractivity contribution in [3.05, 3.63) is 28.8 Å². The van der Waals surface area contributed by atoms with E-state index in [2.05, 4.69) is 5.32 Å². The summed E-state index contributed by atoms with van der Waals surface area (Å²) in [4.78, 5) is 11.7. The third-order valence-corrected chi connectivity index (χ3v) is 3.65. The van der Waals surface area contributed by atoms with Gasteiger partial charge in [0, 0.05) is 5.69 Å². The number of alkyl halides is 2. The molecule has 1 N–H and O–H groups in total. The Hall–Kier alpha value is -0.950. The number of carbonyl (C=O) groups is 1. The molecule has 0 aromatic heterocycles. The third kappa shape index (κ3) is 2.66. The first-order chi connectivity index (χ1) is 7.94. The van der Waals surface area contributed by atoms with Crippen molar-refractivity contribution >= 4 is 46.4 Å². The van der Waals surface area contributed by atoms with Gasteiger partial charge in [0.15, 0.2) is 0 Å². The minimum Gasteiger partial charge on any atom is -0.326 e. The zero-order chi connectivity index (χ0) is 12.6. The molecule has 1 aromatic rings. The standard InChI is InChI=1S/C11H7Cl3N2O/c12-9-3-7(2-1-6(9)5-15)16-10(17)8-4-11(8,13)14/h1-3,8H,4H2,(H,16,17). The van der Waals surface area contributed by atoms with Crippen molar-refractivity contribution < 1.29 is 4.79 Å². The van der Waals surface area contributed by atoms with E-state index in [1.807, 2.05) is 6.07 Å². The van der Waals surface area contributed by atoms with Gasteiger partial charge in [-0.3, -0.25) is 4.79 Å². The van der Waals surface area contributed by atoms with Crippen LogP contribution in [0.1, 0.15) is 12.0 Å². The number of amides is 1. The Morgan fingerprint density at radius 3 is 2.65 bits per heavy atom. The quantitative estimate of drug-likeness (QED) is 0.849. The van der Waals surface area contributed by atoms with Crippen LogP contribution in [0, 0.1) is 17.2 Å². The molecular weight excluding hydrogens is 282 g/mol. The molecular formula is C11H7Cl3N2O. The summed E-state index contributed by atoms with van der Waals surface area (Å²) in [6.07, 6.45) is 0.450. The summed E-state index contributed by atoms with van der Waals surface area (Å²) in [7, 11) is 0. The molecule has 0 aliphatic heterocycles. The van der Waals surface area contributed by atoms with Gasteiger partial charge in [-0.05, 0) is 24.6 Å². The number of rotatable bonds is 2. The Morgan fingerprint density at radius 2 is 2.18 bits per heavy atom. The summed E-state index contributed by atoms with van der Waals surface area (Å²) in [5.41, 5.74) is 0.884. The molecule has 1 aromatic carbocycles. The lowest BCUT2D eigenvalue weighted by atomic mass is 10.2. The van der Waals surface area contributed by atoms with E-state index in [1.54, 1.807) is 12.1 Å². The molecule has 1 unspecified atom stereocenters. The van der Waals surface area contributed by atoms with Crippen LogP contribution >= 0.6 is 34.8 Å². The Labute approximate surface area is 113 Å². The Bertz CT molecular complexity index is 522. The first kappa shape index (κ1) is 12.5. The summed E-state index contributed by atoms with van der Waals surface area (Å²) < 4.78 is -0.944. The van der Waals surface area contributed by atoms with E-state index in [9.17, 15) is 4.79 Å². The van der Waals surface area contributed by atoms with E-state index >= 15 is 0 Å². The van der Waals surface area contributed by atoms with Crippen molar-refractivity contribution in [3.8, 4) is 6.07 Å². The highest BCUT2D eigenvalue weighted by molar-refractivity contribution is 6.52. The van der Waals surface area contributed by atoms with Crippen LogP contribution in [0.3, 0.4) is 0 Å². The van der Waals surface area contributed by atoms with Gasteiger partial charge in [0.1, 0.15) is 10.4 Å². The minimum atomic E-state index is -0.944. The smallest absolute Gasteiger partial charge is 0.230 e. The summed E-state index contributed by atoms with van der Waals surface area (Å²) in [6, 6.07) is 6.60. The van der Waals surface area contributed by atoms with Gasteiger partial charge in [-0.2, -0.15) is 5.26 Å². The van der Waals surface area contributed by atoms with Crippen LogP contribution in [0.4, 0.5) is 5.69 Å². The second-order valence-electron chi connectivity index (χ2n) is 3.81. The fourth-order valence-corrected chi connectivity index (χ4v) is 2.14. The van der Waals surface area contributed by atoms with Gasteiger partial charge in [0.05, 0.1) is 16.5 Å². The number of halogens is 3. The molecule has 88 valence electrons. The van der Waals surface area contributed by atoms with Crippen molar-refractivity contribution in [2.24, 2.45) is 5.92 Å². The van der Waals surface area contributed by atoms with Crippen LogP contribution in [0.15, 0.2) is 18.2 Å². The highest BCUT2D eigenvalue weighted by atomic mass is 35.5. The molecule has 0 saturated heterocycles. The molecule has 0 spiro atoms. The maximum absolute atomic E-state index is 11.7. The zero-order valence-electron chi connectivity index (χ0n) is 8.51. The Morgan fingerprint density at radius 1 is 1.53 bits per heavy atom. The van der Waals surface area contributed by atoms with E-state index in [0.717, 1.165) is 0 Å². The van der Waals surface area contributed by atoms with Gasteiger partial charge in [-0.15, -0.1) is 23.2 Å². The average molecular weight is 290 g/mol. The molecule has 1 saturated carbocycles. The molecule has 1 fully saturated rings. The molecule has 6 heteroatoms. The van der Waals surface area contributed by atoms with Crippen LogP contribution in [0.5, 0.6) is 0 Å². The van der Waals surface area contributed by atoms with E-state index in [0.29, 0.717) is 22.7 Å². The first-order valence-corrected chi connectivity index (χ1v) is 5.96. The number of benzene rings is 1. The number of nitrogens with zero attached hydrogens (tertiary/aromatic N) is 1. The van der Waals surface area contributed by atoms with Gasteiger partial charge in [0.2, 0.25) is 5.91 Å². The molecule has 1 aliphatic rings. The van der Waals surface area contributed by atoms with Crippen LogP contribution in [0.2, 0.25) is 5.02 Å². The van der Waals surface area contributed by atoms with Crippen molar-refractivity contribution in [2.75, 3.05) is 5.32 Å². The number of nitrogens with one attached hydrogen (secondary N) is 1. The fourth-order valence-electron chi connectivity index (χ4n) is 1.41. The molecule has 17 heavy (non-hydrogen) atoms. The van der Waals surface area contributed by atoms with Crippen molar-refractivity contribution in [1.82, 2.24) is 0 Å². The molecule has 2 rings (SSSR count). The summed E-state index contributed by atoms with van der Waals surface area (Å²) in [5, 5.41) is 11.6. The average Bonchev–Trinajstić information content (AvgIpc) is 2.88. The van der Waals surface area contributed by atoms with E-state index in [1.165, 1.54) is 6.07 Å². The number of carbonyl (C=O) groups excluding carboxylic acids is 1. The maximum atomic E-state index is 11.7. The SMILES string of the molecule is N#Cc1ccc(NC(=O)C2CC2(Cl)Cl)cc1Cl. The predicted molar refractivity (Wildman–Crippen MR) is 67.3 cm³/mol. The fraction of sp³-hybridized carbons (Fsp3) is 0.273. The van der Waals surface area contributed by atoms with Gasteiger partial charge in [0.25, 0.3) is 0 Å². The van der Waals surface area contributed by atoms with E-state index in [4.69, 9.17) is 40.1 Å². The molecule has 1 atom stereocenters. The highest BCUT2D eigenvalue weighted by Gasteiger charge is 2.56. The monoisotopic (exact) mass is 288 g/mol. The van der Waals surface area contributed by atoms with Gasteiger partial charge in [-0.25, -0.2) is 0 Å². The van der Waals surface area contributed by atoms with Crippen molar-refractivity contribution in [3.63, 3.8) is 0 Å². The van der Waals surface area contributed by atoms with Crippen LogP contribution in [-0.4, -0.2) is 10.2 Å². The number of nitriles is 1. The van der Waals surface area contributed by atoms with E-state index < -0.39 is 4.33 Å². The molecule has 0 bridgehead atoms. The Kier molecular flexibility index (Phi) is 3.22. The topological polar surface area (TPSA) is 52.9 Å². The zero-order valence-corrected chi connectivity index (χ0v) is 10.8. The lowest BCUT2D eigenvalue weighted by Crippen LogP contribution is -2.16. The normalized spacial score (nSPS) is 20.5. The lowest BCUT2D eigenvalue weighted by molar-refractivity contribution is -0.117. The first-order valence-electron chi connectivity index (χ1n) is 4.82. The maximum Gasteiger partial charge on any atom is 0.230 e. The predicted octanol–water partition coefficient (Wildman–Crippen LogP) is 3.34. The number of anilines is 1. The minimum absolute atomic E-state index is 0.240.